The smallest absolute Gasteiger partial charge is 0.246 e. The van der Waals surface area contributed by atoms with Crippen molar-refractivity contribution < 1.29 is 14.7 Å². The van der Waals surface area contributed by atoms with Gasteiger partial charge in [0.05, 0.1) is 6.04 Å². The second-order valence-corrected chi connectivity index (χ2v) is 7.06. The summed E-state index contributed by atoms with van der Waals surface area (Å²) in [5.41, 5.74) is 1.97. The van der Waals surface area contributed by atoms with Crippen molar-refractivity contribution in [2.24, 2.45) is 0 Å². The molecule has 2 amide bonds. The third-order valence-electron chi connectivity index (χ3n) is 4.46. The number of pyridine rings is 1. The van der Waals surface area contributed by atoms with Crippen molar-refractivity contribution in [3.05, 3.63) is 72.2 Å². The van der Waals surface area contributed by atoms with Gasteiger partial charge in [-0.2, -0.15) is 0 Å². The molecule has 0 aliphatic rings. The zero-order valence-corrected chi connectivity index (χ0v) is 17.0. The number of aromatic hydroxyl groups is 1. The molecule has 0 aliphatic carbocycles. The fourth-order valence-electron chi connectivity index (χ4n) is 2.72. The van der Waals surface area contributed by atoms with Crippen molar-refractivity contribution in [1.29, 1.82) is 0 Å². The van der Waals surface area contributed by atoms with Crippen molar-refractivity contribution in [3.8, 4) is 5.75 Å². The highest BCUT2D eigenvalue weighted by Gasteiger charge is 2.24. The first-order valence-corrected chi connectivity index (χ1v) is 9.46. The number of hydrogen-bond acceptors (Lipinski definition) is 5. The molecule has 0 saturated carbocycles. The van der Waals surface area contributed by atoms with E-state index in [0.717, 1.165) is 11.1 Å². The quantitative estimate of drug-likeness (QED) is 0.599. The highest BCUT2D eigenvalue weighted by Crippen LogP contribution is 2.13. The Morgan fingerprint density at radius 3 is 2.48 bits per heavy atom. The van der Waals surface area contributed by atoms with Crippen molar-refractivity contribution in [3.63, 3.8) is 0 Å². The van der Waals surface area contributed by atoms with Gasteiger partial charge < -0.3 is 15.7 Å². The maximum Gasteiger partial charge on any atom is 0.246 e. The van der Waals surface area contributed by atoms with Crippen molar-refractivity contribution in [1.82, 2.24) is 20.5 Å². The molecule has 0 unspecified atom stereocenters. The maximum atomic E-state index is 12.7. The van der Waals surface area contributed by atoms with Gasteiger partial charge in [-0.15, -0.1) is 0 Å². The summed E-state index contributed by atoms with van der Waals surface area (Å²) in [7, 11) is 3.63. The number of amides is 2. The molecule has 7 heteroatoms. The van der Waals surface area contributed by atoms with E-state index in [2.05, 4.69) is 15.6 Å². The van der Waals surface area contributed by atoms with Gasteiger partial charge >= 0.3 is 0 Å². The number of rotatable bonds is 9. The van der Waals surface area contributed by atoms with E-state index in [9.17, 15) is 14.7 Å². The van der Waals surface area contributed by atoms with E-state index in [0.29, 0.717) is 12.8 Å². The van der Waals surface area contributed by atoms with Gasteiger partial charge in [-0.25, -0.2) is 0 Å². The zero-order chi connectivity index (χ0) is 21.2. The Labute approximate surface area is 171 Å². The highest BCUT2D eigenvalue weighted by molar-refractivity contribution is 5.90. The van der Waals surface area contributed by atoms with E-state index < -0.39 is 12.1 Å². The van der Waals surface area contributed by atoms with Crippen LogP contribution in [0.15, 0.2) is 61.1 Å². The molecule has 1 heterocycles. The van der Waals surface area contributed by atoms with Crippen LogP contribution >= 0.6 is 0 Å². The Hall–Kier alpha value is -3.19. The fraction of sp³-hybridized carbons (Fsp3) is 0.318. The number of benzene rings is 1. The van der Waals surface area contributed by atoms with Crippen molar-refractivity contribution in [2.45, 2.75) is 31.8 Å². The van der Waals surface area contributed by atoms with Gasteiger partial charge in [0.15, 0.2) is 0 Å². The minimum atomic E-state index is -0.673. The Kier molecular flexibility index (Phi) is 8.36. The predicted molar refractivity (Wildman–Crippen MR) is 112 cm³/mol. The van der Waals surface area contributed by atoms with E-state index in [-0.39, 0.29) is 17.6 Å². The zero-order valence-electron chi connectivity index (χ0n) is 17.0. The lowest BCUT2D eigenvalue weighted by Crippen LogP contribution is -2.51. The SMILES string of the molecule is C[C@@H](NC(=O)[C@H](Cc1ccc(O)cc1)N(C)C)C(=O)N/C=C/Cc1cccnc1. The third kappa shape index (κ3) is 7.38. The molecule has 0 bridgehead atoms. The van der Waals surface area contributed by atoms with Crippen LogP contribution in [-0.2, 0) is 22.4 Å². The molecule has 154 valence electrons. The lowest BCUT2D eigenvalue weighted by molar-refractivity contribution is -0.130. The summed E-state index contributed by atoms with van der Waals surface area (Å²) in [6, 6.07) is 9.45. The number of nitrogens with zero attached hydrogens (tertiary/aromatic N) is 2. The van der Waals surface area contributed by atoms with Crippen LogP contribution in [0.2, 0.25) is 0 Å². The van der Waals surface area contributed by atoms with Crippen LogP contribution in [0.25, 0.3) is 0 Å². The molecule has 0 fully saturated rings. The van der Waals surface area contributed by atoms with Crippen LogP contribution in [0.3, 0.4) is 0 Å². The number of nitrogens with one attached hydrogen (secondary N) is 2. The summed E-state index contributed by atoms with van der Waals surface area (Å²) in [5.74, 6) is -0.338. The molecule has 1 aromatic heterocycles. The molecule has 29 heavy (non-hydrogen) atoms. The molecule has 1 aromatic carbocycles. The number of allylic oxidation sites excluding steroid dienone is 1. The molecule has 0 spiro atoms. The largest absolute Gasteiger partial charge is 0.508 e. The molecule has 3 N–H and O–H groups in total. The van der Waals surface area contributed by atoms with E-state index in [4.69, 9.17) is 0 Å². The first kappa shape index (κ1) is 22.1. The minimum Gasteiger partial charge on any atom is -0.508 e. The van der Waals surface area contributed by atoms with Gasteiger partial charge in [-0.1, -0.05) is 24.3 Å². The summed E-state index contributed by atoms with van der Waals surface area (Å²) in [4.78, 5) is 30.8. The predicted octanol–water partition coefficient (Wildman–Crippen LogP) is 1.64. The molecule has 2 aromatic rings. The molecule has 0 aliphatic heterocycles. The summed E-state index contributed by atoms with van der Waals surface area (Å²) in [5, 5.41) is 14.9. The second-order valence-electron chi connectivity index (χ2n) is 7.06. The first-order chi connectivity index (χ1) is 13.9. The van der Waals surface area contributed by atoms with Crippen LogP contribution in [0, 0.1) is 0 Å². The van der Waals surface area contributed by atoms with E-state index >= 15 is 0 Å². The Bertz CT molecular complexity index is 820. The number of carbonyl (C=O) groups excluding carboxylic acids is 2. The fourth-order valence-corrected chi connectivity index (χ4v) is 2.72. The molecule has 0 radical (unpaired) electrons. The normalized spacial score (nSPS) is 13.2. The first-order valence-electron chi connectivity index (χ1n) is 9.46. The summed E-state index contributed by atoms with van der Waals surface area (Å²) in [6.45, 7) is 1.65. The van der Waals surface area contributed by atoms with Gasteiger partial charge in [-0.3, -0.25) is 19.5 Å². The third-order valence-corrected chi connectivity index (χ3v) is 4.46. The van der Waals surface area contributed by atoms with Crippen molar-refractivity contribution in [2.75, 3.05) is 14.1 Å². The van der Waals surface area contributed by atoms with Crippen LogP contribution < -0.4 is 10.6 Å². The molecular weight excluding hydrogens is 368 g/mol. The average molecular weight is 396 g/mol. The Morgan fingerprint density at radius 2 is 1.86 bits per heavy atom. The van der Waals surface area contributed by atoms with Crippen LogP contribution in [0.1, 0.15) is 18.1 Å². The van der Waals surface area contributed by atoms with Gasteiger partial charge in [-0.05, 0) is 63.2 Å². The van der Waals surface area contributed by atoms with Crippen molar-refractivity contribution >= 4 is 11.8 Å². The number of carbonyl (C=O) groups is 2. The highest BCUT2D eigenvalue weighted by atomic mass is 16.3. The van der Waals surface area contributed by atoms with Gasteiger partial charge in [0.2, 0.25) is 11.8 Å². The molecule has 7 nitrogen and oxygen atoms in total. The average Bonchev–Trinajstić information content (AvgIpc) is 2.70. The topological polar surface area (TPSA) is 94.6 Å². The van der Waals surface area contributed by atoms with E-state index in [1.807, 2.05) is 32.3 Å². The molecular formula is C22H28N4O3. The second kappa shape index (κ2) is 11.0. The van der Waals surface area contributed by atoms with Gasteiger partial charge in [0.25, 0.3) is 0 Å². The van der Waals surface area contributed by atoms with Crippen LogP contribution in [0.4, 0.5) is 0 Å². The van der Waals surface area contributed by atoms with Gasteiger partial charge in [0.1, 0.15) is 11.8 Å². The van der Waals surface area contributed by atoms with Gasteiger partial charge in [0, 0.05) is 18.6 Å². The Morgan fingerprint density at radius 1 is 1.14 bits per heavy atom. The lowest BCUT2D eigenvalue weighted by atomic mass is 10.0. The Balaban J connectivity index is 1.85. The maximum absolute atomic E-state index is 12.7. The lowest BCUT2D eigenvalue weighted by Gasteiger charge is -2.25. The van der Waals surface area contributed by atoms with E-state index in [1.54, 1.807) is 54.7 Å². The molecule has 2 atom stereocenters. The molecule has 2 rings (SSSR count). The molecule has 0 saturated heterocycles. The number of phenols is 1. The van der Waals surface area contributed by atoms with Crippen LogP contribution in [-0.4, -0.2) is 53.0 Å². The number of phenolic OH excluding ortho intramolecular Hbond substituents is 1. The number of likely N-dealkylation sites (N-methyl/N-ethyl adjacent to an activating group) is 1. The summed E-state index contributed by atoms with van der Waals surface area (Å²) in [6.07, 6.45) is 8.02. The standard InChI is InChI=1S/C22H28N4O3/c1-16(21(28)24-13-5-7-18-6-4-12-23-15-18)25-22(29)20(26(2)3)14-17-8-10-19(27)11-9-17/h4-6,8-13,15-16,20,27H,7,14H2,1-3H3,(H,24,28)(H,25,29)/b13-5+/t16-,20+/m1/s1. The minimum absolute atomic E-state index is 0.182. The van der Waals surface area contributed by atoms with E-state index in [1.165, 1.54) is 0 Å². The number of hydrogen-bond donors (Lipinski definition) is 3. The number of aromatic nitrogens is 1. The monoisotopic (exact) mass is 396 g/mol. The van der Waals surface area contributed by atoms with Crippen LogP contribution in [0.5, 0.6) is 5.75 Å². The summed E-state index contributed by atoms with van der Waals surface area (Å²) >= 11 is 0. The summed E-state index contributed by atoms with van der Waals surface area (Å²) < 4.78 is 0.